The number of hydrogen-bond donors (Lipinski definition) is 1. The van der Waals surface area contributed by atoms with E-state index in [1.807, 2.05) is 25.3 Å². The third kappa shape index (κ3) is 3.36. The lowest BCUT2D eigenvalue weighted by Crippen LogP contribution is -2.04. The lowest BCUT2D eigenvalue weighted by molar-refractivity contribution is 0.0600. The highest BCUT2D eigenvalue weighted by molar-refractivity contribution is 7.11. The van der Waals surface area contributed by atoms with Crippen LogP contribution >= 0.6 is 11.3 Å². The average molecular weight is 290 g/mol. The van der Waals surface area contributed by atoms with E-state index < -0.39 is 0 Å². The van der Waals surface area contributed by atoms with E-state index in [4.69, 9.17) is 4.74 Å². The van der Waals surface area contributed by atoms with Gasteiger partial charge in [-0.25, -0.2) is 9.78 Å². The first-order chi connectivity index (χ1) is 9.63. The van der Waals surface area contributed by atoms with Crippen LogP contribution in [0.3, 0.4) is 0 Å². The van der Waals surface area contributed by atoms with Crippen LogP contribution in [-0.4, -0.2) is 18.1 Å². The summed E-state index contributed by atoms with van der Waals surface area (Å²) in [6.45, 7) is 4.82. The molecule has 0 fully saturated rings. The molecule has 20 heavy (non-hydrogen) atoms. The number of thiazole rings is 1. The number of esters is 1. The first-order valence-corrected chi connectivity index (χ1v) is 7.32. The summed E-state index contributed by atoms with van der Waals surface area (Å²) < 4.78 is 4.71. The molecule has 0 aliphatic rings. The van der Waals surface area contributed by atoms with Crippen molar-refractivity contribution in [2.75, 3.05) is 12.4 Å². The van der Waals surface area contributed by atoms with Crippen molar-refractivity contribution in [1.82, 2.24) is 4.98 Å². The van der Waals surface area contributed by atoms with Gasteiger partial charge in [0.05, 0.1) is 24.2 Å². The monoisotopic (exact) mass is 290 g/mol. The van der Waals surface area contributed by atoms with Crippen molar-refractivity contribution in [2.24, 2.45) is 0 Å². The van der Waals surface area contributed by atoms with Gasteiger partial charge >= 0.3 is 5.97 Å². The topological polar surface area (TPSA) is 51.2 Å². The fraction of sp³-hybridized carbons (Fsp3) is 0.333. The van der Waals surface area contributed by atoms with Crippen LogP contribution in [0.15, 0.2) is 24.4 Å². The second-order valence-corrected chi connectivity index (χ2v) is 5.65. The summed E-state index contributed by atoms with van der Waals surface area (Å²) >= 11 is 1.72. The maximum atomic E-state index is 11.4. The lowest BCUT2D eigenvalue weighted by atomic mass is 10.1. The molecule has 1 aromatic carbocycles. The van der Waals surface area contributed by atoms with Crippen LogP contribution in [0, 0.1) is 6.92 Å². The Morgan fingerprint density at radius 2 is 2.25 bits per heavy atom. The first-order valence-electron chi connectivity index (χ1n) is 6.50. The van der Waals surface area contributed by atoms with Crippen molar-refractivity contribution in [2.45, 2.75) is 26.8 Å². The van der Waals surface area contributed by atoms with E-state index in [0.717, 1.165) is 29.2 Å². The van der Waals surface area contributed by atoms with Gasteiger partial charge in [-0.2, -0.15) is 0 Å². The van der Waals surface area contributed by atoms with Crippen LogP contribution in [-0.2, 0) is 17.7 Å². The van der Waals surface area contributed by atoms with E-state index >= 15 is 0 Å². The molecular formula is C15H18N2O2S. The van der Waals surface area contributed by atoms with E-state index in [1.54, 1.807) is 17.4 Å². The Balaban J connectivity index is 2.04. The molecule has 2 aromatic rings. The van der Waals surface area contributed by atoms with Crippen molar-refractivity contribution in [3.63, 3.8) is 0 Å². The molecule has 1 heterocycles. The molecule has 1 aromatic heterocycles. The number of aromatic nitrogens is 1. The molecular weight excluding hydrogens is 272 g/mol. The van der Waals surface area contributed by atoms with Gasteiger partial charge in [0.25, 0.3) is 0 Å². The predicted octanol–water partition coefficient (Wildman–Crippen LogP) is 3.41. The Bertz CT molecular complexity index is 608. The smallest absolute Gasteiger partial charge is 0.337 e. The summed E-state index contributed by atoms with van der Waals surface area (Å²) in [5, 5.41) is 4.52. The number of carbonyl (C=O) groups excluding carboxylic acids is 1. The Morgan fingerprint density at radius 1 is 1.45 bits per heavy atom. The van der Waals surface area contributed by atoms with Gasteiger partial charge in [0.2, 0.25) is 0 Å². The number of methoxy groups -OCH3 is 1. The van der Waals surface area contributed by atoms with Gasteiger partial charge in [-0.1, -0.05) is 6.92 Å². The molecule has 0 bridgehead atoms. The second kappa shape index (κ2) is 6.52. The van der Waals surface area contributed by atoms with Gasteiger partial charge in [-0.05, 0) is 37.1 Å². The van der Waals surface area contributed by atoms with Crippen molar-refractivity contribution >= 4 is 23.0 Å². The van der Waals surface area contributed by atoms with Crippen molar-refractivity contribution < 1.29 is 9.53 Å². The predicted molar refractivity (Wildman–Crippen MR) is 81.3 cm³/mol. The molecule has 4 nitrogen and oxygen atoms in total. The highest BCUT2D eigenvalue weighted by Crippen LogP contribution is 2.20. The normalized spacial score (nSPS) is 10.3. The van der Waals surface area contributed by atoms with Gasteiger partial charge in [0.15, 0.2) is 0 Å². The standard InChI is InChI=1S/C15H18N2O2S/c1-4-14-17-9-12(20-14)8-16-13-6-5-11(7-10(13)2)15(18)19-3/h5-7,9,16H,4,8H2,1-3H3. The Kier molecular flexibility index (Phi) is 4.74. The highest BCUT2D eigenvalue weighted by atomic mass is 32.1. The van der Waals surface area contributed by atoms with Crippen molar-refractivity contribution in [3.8, 4) is 0 Å². The van der Waals surface area contributed by atoms with Gasteiger partial charge in [0.1, 0.15) is 0 Å². The highest BCUT2D eigenvalue weighted by Gasteiger charge is 2.08. The zero-order chi connectivity index (χ0) is 14.5. The quantitative estimate of drug-likeness (QED) is 0.857. The number of carbonyl (C=O) groups is 1. The van der Waals surface area contributed by atoms with E-state index in [1.165, 1.54) is 12.0 Å². The Hall–Kier alpha value is -1.88. The van der Waals surface area contributed by atoms with Crippen LogP contribution in [0.25, 0.3) is 0 Å². The molecule has 0 amide bonds. The van der Waals surface area contributed by atoms with E-state index in [2.05, 4.69) is 17.2 Å². The summed E-state index contributed by atoms with van der Waals surface area (Å²) in [4.78, 5) is 17.0. The molecule has 5 heteroatoms. The number of rotatable bonds is 5. The molecule has 0 saturated carbocycles. The molecule has 0 saturated heterocycles. The average Bonchev–Trinajstić information content (AvgIpc) is 2.93. The third-order valence-electron chi connectivity index (χ3n) is 3.00. The van der Waals surface area contributed by atoms with Crippen LogP contribution in [0.5, 0.6) is 0 Å². The zero-order valence-corrected chi connectivity index (χ0v) is 12.7. The molecule has 0 aliphatic heterocycles. The summed E-state index contributed by atoms with van der Waals surface area (Å²) in [5.41, 5.74) is 2.61. The molecule has 2 rings (SSSR count). The number of hydrogen-bond acceptors (Lipinski definition) is 5. The summed E-state index contributed by atoms with van der Waals surface area (Å²) in [5.74, 6) is -0.310. The molecule has 0 unspecified atom stereocenters. The van der Waals surface area contributed by atoms with Gasteiger partial charge in [-0.3, -0.25) is 0 Å². The molecule has 0 radical (unpaired) electrons. The van der Waals surface area contributed by atoms with Crippen molar-refractivity contribution in [1.29, 1.82) is 0 Å². The third-order valence-corrected chi connectivity index (χ3v) is 4.15. The fourth-order valence-corrected chi connectivity index (χ4v) is 2.68. The number of benzene rings is 1. The molecule has 0 atom stereocenters. The van der Waals surface area contributed by atoms with E-state index in [0.29, 0.717) is 5.56 Å². The minimum absolute atomic E-state index is 0.310. The number of aryl methyl sites for hydroxylation is 2. The number of anilines is 1. The van der Waals surface area contributed by atoms with Gasteiger partial charge in [-0.15, -0.1) is 11.3 Å². The Morgan fingerprint density at radius 3 is 2.85 bits per heavy atom. The minimum Gasteiger partial charge on any atom is -0.465 e. The van der Waals surface area contributed by atoms with Gasteiger partial charge in [0, 0.05) is 16.8 Å². The number of ether oxygens (including phenoxy) is 1. The van der Waals surface area contributed by atoms with Gasteiger partial charge < -0.3 is 10.1 Å². The largest absolute Gasteiger partial charge is 0.465 e. The van der Waals surface area contributed by atoms with Crippen LogP contribution in [0.2, 0.25) is 0 Å². The van der Waals surface area contributed by atoms with Crippen LogP contribution < -0.4 is 5.32 Å². The van der Waals surface area contributed by atoms with E-state index in [-0.39, 0.29) is 5.97 Å². The Labute approximate surface area is 122 Å². The molecule has 0 spiro atoms. The molecule has 0 aliphatic carbocycles. The van der Waals surface area contributed by atoms with Crippen molar-refractivity contribution in [3.05, 3.63) is 45.4 Å². The second-order valence-electron chi connectivity index (χ2n) is 4.45. The van der Waals surface area contributed by atoms with Crippen LogP contribution in [0.1, 0.15) is 32.7 Å². The zero-order valence-electron chi connectivity index (χ0n) is 11.9. The number of nitrogens with zero attached hydrogens (tertiary/aromatic N) is 1. The minimum atomic E-state index is -0.310. The number of nitrogens with one attached hydrogen (secondary N) is 1. The maximum absolute atomic E-state index is 11.4. The maximum Gasteiger partial charge on any atom is 0.337 e. The van der Waals surface area contributed by atoms with Crippen LogP contribution in [0.4, 0.5) is 5.69 Å². The SMILES string of the molecule is CCc1ncc(CNc2ccc(C(=O)OC)cc2C)s1. The lowest BCUT2D eigenvalue weighted by Gasteiger charge is -2.09. The molecule has 106 valence electrons. The summed E-state index contributed by atoms with van der Waals surface area (Å²) in [6, 6.07) is 5.51. The van der Waals surface area contributed by atoms with E-state index in [9.17, 15) is 4.79 Å². The summed E-state index contributed by atoms with van der Waals surface area (Å²) in [7, 11) is 1.39. The first kappa shape index (κ1) is 14.5. The molecule has 1 N–H and O–H groups in total. The summed E-state index contributed by atoms with van der Waals surface area (Å²) in [6.07, 6.45) is 2.88. The fourth-order valence-electron chi connectivity index (χ4n) is 1.88.